The average Bonchev–Trinajstić information content (AvgIpc) is 3.71. The molecule has 2 N–H and O–H groups in total. The number of benzene rings is 2. The quantitative estimate of drug-likeness (QED) is 0.291. The Morgan fingerprint density at radius 1 is 0.962 bits per heavy atom. The Hall–Kier alpha value is -3.38. The van der Waals surface area contributed by atoms with Gasteiger partial charge in [0.15, 0.2) is 0 Å². The topological polar surface area (TPSA) is 93.6 Å². The van der Waals surface area contributed by atoms with Crippen molar-refractivity contribution in [1.82, 2.24) is 9.80 Å². The van der Waals surface area contributed by atoms with Crippen LogP contribution in [0.15, 0.2) is 42.5 Å². The van der Waals surface area contributed by atoms with Crippen LogP contribution in [0, 0.1) is 29.6 Å². The summed E-state index contributed by atoms with van der Waals surface area (Å²) in [4.78, 5) is 32.2. The van der Waals surface area contributed by atoms with Gasteiger partial charge < -0.3 is 24.7 Å². The van der Waals surface area contributed by atoms with Crippen LogP contribution in [0.3, 0.4) is 0 Å². The molecule has 4 aliphatic carbocycles. The second kappa shape index (κ2) is 13.4. The molecule has 2 aromatic rings. The number of carboxylic acids is 1. The van der Waals surface area contributed by atoms with Crippen molar-refractivity contribution in [3.8, 4) is 5.75 Å². The van der Waals surface area contributed by atoms with Gasteiger partial charge in [-0.2, -0.15) is 13.2 Å². The van der Waals surface area contributed by atoms with E-state index in [0.717, 1.165) is 43.7 Å². The van der Waals surface area contributed by atoms with Crippen LogP contribution in [-0.4, -0.2) is 95.6 Å². The smallest absolute Gasteiger partial charge is 0.416 e. The lowest BCUT2D eigenvalue weighted by Gasteiger charge is -2.60. The fourth-order valence-electron chi connectivity index (χ4n) is 11.8. The maximum atomic E-state index is 18.2. The molecule has 8 nitrogen and oxygen atoms in total. The first-order valence-corrected chi connectivity index (χ1v) is 19.5. The van der Waals surface area contributed by atoms with Crippen molar-refractivity contribution in [2.24, 2.45) is 29.6 Å². The minimum atomic E-state index is -4.56. The number of anilines is 1. The molecule has 9 atom stereocenters. The molecule has 288 valence electrons. The molecule has 0 aromatic heterocycles. The van der Waals surface area contributed by atoms with Crippen LogP contribution in [0.4, 0.5) is 23.2 Å². The summed E-state index contributed by atoms with van der Waals surface area (Å²) in [5.74, 6) is -1.49. The Balaban J connectivity index is 1.09. The predicted molar refractivity (Wildman–Crippen MR) is 191 cm³/mol. The van der Waals surface area contributed by atoms with E-state index in [4.69, 9.17) is 4.74 Å². The lowest BCUT2D eigenvalue weighted by Crippen LogP contribution is -2.61. The largest absolute Gasteiger partial charge is 0.497 e. The number of nitrogens with zero attached hydrogens (tertiary/aromatic N) is 3. The van der Waals surface area contributed by atoms with Gasteiger partial charge in [0.25, 0.3) is 5.91 Å². The number of carboxylic acid groups (broad SMARTS) is 1. The number of likely N-dealkylation sites (tertiary alicyclic amines) is 2. The molecule has 1 amide bonds. The van der Waals surface area contributed by atoms with Gasteiger partial charge in [0.1, 0.15) is 5.75 Å². The molecule has 4 bridgehead atoms. The number of aliphatic hydroxyl groups is 1. The Bertz CT molecular complexity index is 1700. The van der Waals surface area contributed by atoms with Gasteiger partial charge in [-0.3, -0.25) is 14.5 Å². The summed E-state index contributed by atoms with van der Waals surface area (Å²) in [6.07, 6.45) is 1.08. The fraction of sp³-hybridized carbons (Fsp3) is 0.659. The van der Waals surface area contributed by atoms with E-state index in [1.54, 1.807) is 24.1 Å². The molecule has 7 aliphatic rings. The Kier molecular flexibility index (Phi) is 9.27. The number of rotatable bonds is 8. The molecule has 9 rings (SSSR count). The minimum absolute atomic E-state index is 0.0364. The van der Waals surface area contributed by atoms with E-state index in [0.29, 0.717) is 68.4 Å². The molecule has 3 aliphatic heterocycles. The van der Waals surface area contributed by atoms with Crippen molar-refractivity contribution < 1.29 is 42.1 Å². The van der Waals surface area contributed by atoms with Gasteiger partial charge in [-0.25, -0.2) is 4.39 Å². The number of methoxy groups -OCH3 is 1. The third-order valence-electron chi connectivity index (χ3n) is 14.1. The van der Waals surface area contributed by atoms with Crippen LogP contribution >= 0.6 is 0 Å². The van der Waals surface area contributed by atoms with Gasteiger partial charge >= 0.3 is 12.1 Å². The highest BCUT2D eigenvalue weighted by Gasteiger charge is 2.62. The van der Waals surface area contributed by atoms with E-state index in [1.165, 1.54) is 12.1 Å². The number of hydrogen-bond donors (Lipinski definition) is 2. The zero-order valence-electron chi connectivity index (χ0n) is 30.5. The van der Waals surface area contributed by atoms with Crippen LogP contribution in [0.1, 0.15) is 86.8 Å². The van der Waals surface area contributed by atoms with Crippen LogP contribution in [0.25, 0.3) is 0 Å². The summed E-state index contributed by atoms with van der Waals surface area (Å²) in [5, 5.41) is 20.8. The number of aliphatic carboxylic acids is 1. The van der Waals surface area contributed by atoms with Crippen molar-refractivity contribution in [1.29, 1.82) is 0 Å². The maximum Gasteiger partial charge on any atom is 0.416 e. The SMILES string of the molecule is CC[C@H]1CN(C(=O)[C@]2(F)CN([C@@H]3[C@@H]4C[C@@H]5C[C@H]3C[C@@](O)(C5)C4)C[C@H]2c2ccc(OC)cc2)C[C@@H]1c1ccc(C(F)(F)F)cc1N1CCC(C(=O)O)CC1. The van der Waals surface area contributed by atoms with Crippen LogP contribution in [0.5, 0.6) is 5.75 Å². The minimum Gasteiger partial charge on any atom is -0.497 e. The number of carbonyl (C=O) groups excluding carboxylic acids is 1. The first kappa shape index (κ1) is 36.6. The monoisotopic (exact) mass is 741 g/mol. The summed E-state index contributed by atoms with van der Waals surface area (Å²) in [7, 11) is 1.57. The maximum absolute atomic E-state index is 18.2. The van der Waals surface area contributed by atoms with Crippen molar-refractivity contribution in [3.05, 3.63) is 59.2 Å². The Morgan fingerprint density at radius 2 is 1.64 bits per heavy atom. The summed E-state index contributed by atoms with van der Waals surface area (Å²) >= 11 is 0. The molecule has 0 unspecified atom stereocenters. The fourth-order valence-corrected chi connectivity index (χ4v) is 11.8. The summed E-state index contributed by atoms with van der Waals surface area (Å²) in [5.41, 5.74) is -1.80. The summed E-state index contributed by atoms with van der Waals surface area (Å²) in [6.45, 7) is 3.45. The van der Waals surface area contributed by atoms with E-state index in [2.05, 4.69) is 4.90 Å². The number of carbonyl (C=O) groups is 2. The predicted octanol–water partition coefficient (Wildman–Crippen LogP) is 6.71. The number of piperidine rings is 1. The van der Waals surface area contributed by atoms with Crippen molar-refractivity contribution in [2.45, 2.75) is 93.6 Å². The first-order chi connectivity index (χ1) is 25.2. The molecule has 4 saturated carbocycles. The highest BCUT2D eigenvalue weighted by atomic mass is 19.4. The normalized spacial score (nSPS) is 36.0. The highest BCUT2D eigenvalue weighted by Crippen LogP contribution is 2.58. The highest BCUT2D eigenvalue weighted by molar-refractivity contribution is 5.88. The lowest BCUT2D eigenvalue weighted by atomic mass is 9.52. The van der Waals surface area contributed by atoms with Gasteiger partial charge in [0.2, 0.25) is 5.67 Å². The molecule has 7 fully saturated rings. The van der Waals surface area contributed by atoms with Gasteiger partial charge in [-0.05, 0) is 104 Å². The Labute approximate surface area is 308 Å². The third-order valence-corrected chi connectivity index (χ3v) is 14.1. The van der Waals surface area contributed by atoms with Crippen LogP contribution in [0.2, 0.25) is 0 Å². The van der Waals surface area contributed by atoms with Crippen LogP contribution < -0.4 is 9.64 Å². The van der Waals surface area contributed by atoms with E-state index in [-0.39, 0.29) is 42.8 Å². The molecule has 12 heteroatoms. The van der Waals surface area contributed by atoms with Gasteiger partial charge in [-0.15, -0.1) is 0 Å². The summed E-state index contributed by atoms with van der Waals surface area (Å²) in [6, 6.07) is 11.2. The standard InChI is InChI=1S/C41H51F4N3O5/c1-3-25-20-47(21-33(25)32-9-6-30(41(43,44)45)16-35(32)46-12-10-27(11-13-46)37(49)50)38(51)40(42)23-48(22-34(40)26-4-7-31(53-2)8-5-26)36-28-14-24-15-29(36)19-39(52,17-24)18-28/h4-9,16,24-25,27-29,33-34,36,52H,3,10-15,17-23H2,1-2H3,(H,49,50)/t24-,25-,28-,29+,33-,34-,36-,39-,40-/m0/s1. The molecule has 53 heavy (non-hydrogen) atoms. The van der Waals surface area contributed by atoms with E-state index in [9.17, 15) is 33.0 Å². The molecular weight excluding hydrogens is 690 g/mol. The number of halogens is 4. The second-order valence-corrected chi connectivity index (χ2v) is 17.2. The number of amides is 1. The molecule has 0 radical (unpaired) electrons. The van der Waals surface area contributed by atoms with Gasteiger partial charge in [0, 0.05) is 62.8 Å². The van der Waals surface area contributed by atoms with E-state index in [1.807, 2.05) is 24.0 Å². The van der Waals surface area contributed by atoms with Gasteiger partial charge in [0.05, 0.1) is 24.2 Å². The first-order valence-electron chi connectivity index (χ1n) is 19.5. The van der Waals surface area contributed by atoms with E-state index >= 15 is 4.39 Å². The number of alkyl halides is 4. The molecule has 0 spiro atoms. The lowest BCUT2D eigenvalue weighted by molar-refractivity contribution is -0.160. The molecule has 3 saturated heterocycles. The zero-order valence-corrected chi connectivity index (χ0v) is 30.5. The molecule has 2 aromatic carbocycles. The number of ether oxygens (including phenoxy) is 1. The van der Waals surface area contributed by atoms with Crippen molar-refractivity contribution in [3.63, 3.8) is 0 Å². The van der Waals surface area contributed by atoms with Gasteiger partial charge in [-0.1, -0.05) is 31.5 Å². The number of hydrogen-bond acceptors (Lipinski definition) is 6. The molecular formula is C41H51F4N3O5. The molecule has 3 heterocycles. The Morgan fingerprint density at radius 3 is 2.23 bits per heavy atom. The van der Waals surface area contributed by atoms with Crippen molar-refractivity contribution in [2.75, 3.05) is 51.3 Å². The zero-order chi connectivity index (χ0) is 37.4. The second-order valence-electron chi connectivity index (χ2n) is 17.2. The third kappa shape index (κ3) is 6.49. The van der Waals surface area contributed by atoms with E-state index < -0.39 is 46.7 Å². The average molecular weight is 742 g/mol. The summed E-state index contributed by atoms with van der Waals surface area (Å²) < 4.78 is 65.6. The van der Waals surface area contributed by atoms with Crippen LogP contribution in [-0.2, 0) is 15.8 Å². The van der Waals surface area contributed by atoms with Crippen molar-refractivity contribution >= 4 is 17.6 Å².